The maximum Gasteiger partial charge on any atom is 0.416 e. The predicted molar refractivity (Wildman–Crippen MR) is 95.3 cm³/mol. The van der Waals surface area contributed by atoms with Gasteiger partial charge in [0.1, 0.15) is 0 Å². The van der Waals surface area contributed by atoms with E-state index in [4.69, 9.17) is 5.73 Å². The molecule has 9 heteroatoms. The van der Waals surface area contributed by atoms with E-state index in [0.717, 1.165) is 24.2 Å². The number of hydrogen-bond donors (Lipinski definition) is 2. The van der Waals surface area contributed by atoms with Gasteiger partial charge in [-0.25, -0.2) is 0 Å². The van der Waals surface area contributed by atoms with Crippen molar-refractivity contribution in [2.45, 2.75) is 38.4 Å². The lowest BCUT2D eigenvalue weighted by Gasteiger charge is -2.24. The molecule has 0 fully saturated rings. The summed E-state index contributed by atoms with van der Waals surface area (Å²) in [6.45, 7) is 1.13. The molecule has 0 aliphatic carbocycles. The number of primary amides is 1. The lowest BCUT2D eigenvalue weighted by atomic mass is 9.94. The second-order valence-electron chi connectivity index (χ2n) is 6.95. The Labute approximate surface area is 159 Å². The zero-order valence-corrected chi connectivity index (χ0v) is 15.1. The van der Waals surface area contributed by atoms with Crippen molar-refractivity contribution >= 4 is 11.8 Å². The van der Waals surface area contributed by atoms with Crippen LogP contribution in [0.1, 0.15) is 40.0 Å². The number of aromatic nitrogens is 2. The number of benzene rings is 1. The number of hydrogen-bond acceptors (Lipinski definition) is 3. The maximum atomic E-state index is 12.6. The second kappa shape index (κ2) is 8.04. The van der Waals surface area contributed by atoms with E-state index in [1.807, 2.05) is 0 Å². The molecule has 6 nitrogen and oxygen atoms in total. The van der Waals surface area contributed by atoms with Crippen molar-refractivity contribution in [1.29, 1.82) is 0 Å². The van der Waals surface area contributed by atoms with Gasteiger partial charge in [-0.2, -0.15) is 18.3 Å². The summed E-state index contributed by atoms with van der Waals surface area (Å²) in [6.07, 6.45) is -0.887. The average Bonchev–Trinajstić information content (AvgIpc) is 3.08. The molecule has 1 aromatic carbocycles. The number of nitrogens with zero attached hydrogens (tertiary/aromatic N) is 2. The molecule has 0 saturated carbocycles. The zero-order valence-electron chi connectivity index (χ0n) is 15.1. The lowest BCUT2D eigenvalue weighted by molar-refractivity contribution is -0.137. The number of halogens is 3. The number of rotatable bonds is 6. The van der Waals surface area contributed by atoms with E-state index < -0.39 is 17.6 Å². The molecule has 1 aliphatic heterocycles. The van der Waals surface area contributed by atoms with Gasteiger partial charge in [0.05, 0.1) is 23.0 Å². The SMILES string of the molecule is NC(=O)c1cnn2c1C[C@@H](CNC(=O)CCc1ccc(C(F)(F)F)cc1)CC2. The quantitative estimate of drug-likeness (QED) is 0.788. The van der Waals surface area contributed by atoms with Crippen molar-refractivity contribution in [1.82, 2.24) is 15.1 Å². The van der Waals surface area contributed by atoms with Crippen molar-refractivity contribution in [2.75, 3.05) is 6.54 Å². The number of nitrogens with one attached hydrogen (secondary N) is 1. The van der Waals surface area contributed by atoms with Gasteiger partial charge in [-0.1, -0.05) is 12.1 Å². The average molecular weight is 394 g/mol. The van der Waals surface area contributed by atoms with Crippen LogP contribution in [-0.2, 0) is 30.4 Å². The third-order valence-electron chi connectivity index (χ3n) is 4.96. The fourth-order valence-corrected chi connectivity index (χ4v) is 3.34. The number of carbonyl (C=O) groups is 2. The zero-order chi connectivity index (χ0) is 20.3. The molecule has 0 saturated heterocycles. The largest absolute Gasteiger partial charge is 0.416 e. The summed E-state index contributed by atoms with van der Waals surface area (Å²) in [5, 5.41) is 7.02. The maximum absolute atomic E-state index is 12.6. The van der Waals surface area contributed by atoms with E-state index in [0.29, 0.717) is 37.1 Å². The third kappa shape index (κ3) is 4.71. The summed E-state index contributed by atoms with van der Waals surface area (Å²) in [5.41, 5.74) is 6.54. The Morgan fingerprint density at radius 3 is 2.61 bits per heavy atom. The van der Waals surface area contributed by atoms with Gasteiger partial charge in [-0.15, -0.1) is 0 Å². The van der Waals surface area contributed by atoms with Gasteiger partial charge < -0.3 is 11.1 Å². The van der Waals surface area contributed by atoms with Gasteiger partial charge in [0.25, 0.3) is 5.91 Å². The van der Waals surface area contributed by atoms with Gasteiger partial charge in [-0.05, 0) is 42.9 Å². The van der Waals surface area contributed by atoms with E-state index in [2.05, 4.69) is 10.4 Å². The first kappa shape index (κ1) is 19.9. The highest BCUT2D eigenvalue weighted by atomic mass is 19.4. The van der Waals surface area contributed by atoms with Crippen LogP contribution < -0.4 is 11.1 Å². The Morgan fingerprint density at radius 2 is 1.96 bits per heavy atom. The van der Waals surface area contributed by atoms with Crippen LogP contribution in [0.3, 0.4) is 0 Å². The van der Waals surface area contributed by atoms with Gasteiger partial charge in [0.15, 0.2) is 0 Å². The van der Waals surface area contributed by atoms with Crippen molar-refractivity contribution in [2.24, 2.45) is 11.7 Å². The molecule has 1 atom stereocenters. The first-order valence-corrected chi connectivity index (χ1v) is 9.01. The van der Waals surface area contributed by atoms with Crippen molar-refractivity contribution in [3.8, 4) is 0 Å². The molecule has 0 spiro atoms. The number of amides is 2. The highest BCUT2D eigenvalue weighted by Gasteiger charge is 2.30. The molecule has 1 aliphatic rings. The van der Waals surface area contributed by atoms with Crippen LogP contribution in [0.15, 0.2) is 30.5 Å². The highest BCUT2D eigenvalue weighted by molar-refractivity contribution is 5.93. The van der Waals surface area contributed by atoms with Crippen molar-refractivity contribution in [3.05, 3.63) is 52.8 Å². The summed E-state index contributed by atoms with van der Waals surface area (Å²) in [7, 11) is 0. The molecule has 3 rings (SSSR count). The van der Waals surface area contributed by atoms with Crippen LogP contribution in [0.25, 0.3) is 0 Å². The number of fused-ring (bicyclic) bond motifs is 1. The minimum absolute atomic E-state index is 0.158. The fourth-order valence-electron chi connectivity index (χ4n) is 3.34. The van der Waals surface area contributed by atoms with Crippen LogP contribution in [0, 0.1) is 5.92 Å². The highest BCUT2D eigenvalue weighted by Crippen LogP contribution is 2.29. The molecule has 3 N–H and O–H groups in total. The molecule has 0 unspecified atom stereocenters. The molecule has 2 heterocycles. The fraction of sp³-hybridized carbons (Fsp3) is 0.421. The summed E-state index contributed by atoms with van der Waals surface area (Å²) in [6, 6.07) is 4.83. The van der Waals surface area contributed by atoms with Crippen LogP contribution in [0.2, 0.25) is 0 Å². The van der Waals surface area contributed by atoms with Crippen LogP contribution in [0.5, 0.6) is 0 Å². The number of carbonyl (C=O) groups excluding carboxylic acids is 2. The van der Waals surface area contributed by atoms with Crippen LogP contribution >= 0.6 is 0 Å². The molecule has 0 bridgehead atoms. The first-order chi connectivity index (χ1) is 13.2. The topological polar surface area (TPSA) is 90.0 Å². The van der Waals surface area contributed by atoms with E-state index in [9.17, 15) is 22.8 Å². The van der Waals surface area contributed by atoms with Gasteiger partial charge >= 0.3 is 6.18 Å². The Hall–Kier alpha value is -2.84. The molecule has 0 radical (unpaired) electrons. The number of alkyl halides is 3. The Kier molecular flexibility index (Phi) is 5.71. The van der Waals surface area contributed by atoms with Gasteiger partial charge in [0, 0.05) is 19.5 Å². The normalized spacial score (nSPS) is 16.5. The standard InChI is InChI=1S/C19H21F3N4O2/c20-19(21,22)14-4-1-12(2-5-14)3-6-17(27)24-10-13-7-8-26-16(9-13)15(11-25-26)18(23)28/h1-2,4-5,11,13H,3,6-10H2,(H2,23,28)(H,24,27)/t13-/m0/s1. The van der Waals surface area contributed by atoms with Gasteiger partial charge in [-0.3, -0.25) is 14.3 Å². The van der Waals surface area contributed by atoms with Crippen LogP contribution in [-0.4, -0.2) is 28.1 Å². The molecule has 150 valence electrons. The third-order valence-corrected chi connectivity index (χ3v) is 4.96. The minimum atomic E-state index is -4.36. The second-order valence-corrected chi connectivity index (χ2v) is 6.95. The molecule has 1 aromatic heterocycles. The Balaban J connectivity index is 1.46. The van der Waals surface area contributed by atoms with E-state index >= 15 is 0 Å². The summed E-state index contributed by atoms with van der Waals surface area (Å²) >= 11 is 0. The smallest absolute Gasteiger partial charge is 0.365 e. The molecule has 28 heavy (non-hydrogen) atoms. The van der Waals surface area contributed by atoms with E-state index in [-0.39, 0.29) is 18.2 Å². The number of aryl methyl sites for hydroxylation is 2. The molecular formula is C19H21F3N4O2. The van der Waals surface area contributed by atoms with E-state index in [1.54, 1.807) is 4.68 Å². The summed E-state index contributed by atoms with van der Waals surface area (Å²) in [4.78, 5) is 23.5. The van der Waals surface area contributed by atoms with Crippen LogP contribution in [0.4, 0.5) is 13.2 Å². The Bertz CT molecular complexity index is 859. The molecule has 2 amide bonds. The number of nitrogens with two attached hydrogens (primary N) is 1. The first-order valence-electron chi connectivity index (χ1n) is 9.01. The van der Waals surface area contributed by atoms with E-state index in [1.165, 1.54) is 18.3 Å². The summed E-state index contributed by atoms with van der Waals surface area (Å²) in [5.74, 6) is -0.492. The van der Waals surface area contributed by atoms with Gasteiger partial charge in [0.2, 0.25) is 5.91 Å². The lowest BCUT2D eigenvalue weighted by Crippen LogP contribution is -2.34. The monoisotopic (exact) mass is 394 g/mol. The minimum Gasteiger partial charge on any atom is -0.365 e. The Morgan fingerprint density at radius 1 is 1.25 bits per heavy atom. The predicted octanol–water partition coefficient (Wildman–Crippen LogP) is 2.31. The molecule has 2 aromatic rings. The summed E-state index contributed by atoms with van der Waals surface area (Å²) < 4.78 is 39.4. The van der Waals surface area contributed by atoms with Crippen molar-refractivity contribution < 1.29 is 22.8 Å². The van der Waals surface area contributed by atoms with Crippen molar-refractivity contribution in [3.63, 3.8) is 0 Å². The molecular weight excluding hydrogens is 373 g/mol.